The molecule has 0 bridgehead atoms. The predicted octanol–water partition coefficient (Wildman–Crippen LogP) is 4.49. The monoisotopic (exact) mass is 328 g/mol. The van der Waals surface area contributed by atoms with Crippen molar-refractivity contribution in [1.29, 1.82) is 0 Å². The third-order valence-corrected chi connectivity index (χ3v) is 3.90. The van der Waals surface area contributed by atoms with E-state index in [-0.39, 0.29) is 12.1 Å². The SMILES string of the molecule is CCCC(=O)OC(C)CC1=CN(c2cccc(CCC)c2)CC=N1. The van der Waals surface area contributed by atoms with Gasteiger partial charge in [-0.25, -0.2) is 0 Å². The largest absolute Gasteiger partial charge is 0.462 e. The summed E-state index contributed by atoms with van der Waals surface area (Å²) in [5.74, 6) is -0.130. The van der Waals surface area contributed by atoms with Gasteiger partial charge in [-0.1, -0.05) is 32.4 Å². The van der Waals surface area contributed by atoms with Crippen LogP contribution in [0.3, 0.4) is 0 Å². The average Bonchev–Trinajstić information content (AvgIpc) is 2.55. The van der Waals surface area contributed by atoms with Gasteiger partial charge < -0.3 is 9.64 Å². The number of esters is 1. The number of nitrogens with zero attached hydrogens (tertiary/aromatic N) is 2. The van der Waals surface area contributed by atoms with Crippen LogP contribution in [0.15, 0.2) is 41.2 Å². The zero-order valence-electron chi connectivity index (χ0n) is 15.0. The fourth-order valence-corrected chi connectivity index (χ4v) is 2.80. The maximum absolute atomic E-state index is 11.6. The van der Waals surface area contributed by atoms with Gasteiger partial charge in [0.1, 0.15) is 6.10 Å². The number of benzene rings is 1. The van der Waals surface area contributed by atoms with Crippen molar-refractivity contribution < 1.29 is 9.53 Å². The van der Waals surface area contributed by atoms with Crippen LogP contribution in [0.5, 0.6) is 0 Å². The molecule has 0 radical (unpaired) electrons. The molecule has 2 rings (SSSR count). The highest BCUT2D eigenvalue weighted by atomic mass is 16.5. The molecule has 4 nitrogen and oxygen atoms in total. The van der Waals surface area contributed by atoms with E-state index in [0.29, 0.717) is 12.8 Å². The number of carbonyl (C=O) groups is 1. The number of aliphatic imine (C=N–C) groups is 1. The zero-order chi connectivity index (χ0) is 17.4. The summed E-state index contributed by atoms with van der Waals surface area (Å²) in [5.41, 5.74) is 3.48. The first-order valence-electron chi connectivity index (χ1n) is 8.90. The first-order valence-corrected chi connectivity index (χ1v) is 8.90. The molecule has 1 atom stereocenters. The van der Waals surface area contributed by atoms with Crippen LogP contribution >= 0.6 is 0 Å². The van der Waals surface area contributed by atoms with Crippen molar-refractivity contribution in [1.82, 2.24) is 0 Å². The summed E-state index contributed by atoms with van der Waals surface area (Å²) in [5, 5.41) is 0. The molecule has 1 aromatic rings. The van der Waals surface area contributed by atoms with E-state index in [9.17, 15) is 4.79 Å². The summed E-state index contributed by atoms with van der Waals surface area (Å²) in [6.07, 6.45) is 7.99. The highest BCUT2D eigenvalue weighted by Crippen LogP contribution is 2.22. The van der Waals surface area contributed by atoms with E-state index in [1.807, 2.05) is 20.1 Å². The topological polar surface area (TPSA) is 41.9 Å². The van der Waals surface area contributed by atoms with Gasteiger partial charge in [-0.15, -0.1) is 0 Å². The van der Waals surface area contributed by atoms with E-state index >= 15 is 0 Å². The summed E-state index contributed by atoms with van der Waals surface area (Å²) in [6, 6.07) is 8.64. The zero-order valence-corrected chi connectivity index (χ0v) is 15.0. The smallest absolute Gasteiger partial charge is 0.306 e. The number of hydrogen-bond acceptors (Lipinski definition) is 4. The van der Waals surface area contributed by atoms with Crippen LogP contribution in [-0.4, -0.2) is 24.8 Å². The summed E-state index contributed by atoms with van der Waals surface area (Å²) in [7, 11) is 0. The molecule has 1 unspecified atom stereocenters. The van der Waals surface area contributed by atoms with Gasteiger partial charge in [0, 0.05) is 30.9 Å². The molecule has 0 amide bonds. The second-order valence-electron chi connectivity index (χ2n) is 6.26. The first kappa shape index (κ1) is 18.2. The Labute approximate surface area is 145 Å². The van der Waals surface area contributed by atoms with Crippen molar-refractivity contribution in [3.63, 3.8) is 0 Å². The van der Waals surface area contributed by atoms with E-state index in [1.54, 1.807) is 0 Å². The molecule has 1 heterocycles. The van der Waals surface area contributed by atoms with Crippen LogP contribution in [0.2, 0.25) is 0 Å². The molecule has 0 fully saturated rings. The molecule has 0 spiro atoms. The lowest BCUT2D eigenvalue weighted by Crippen LogP contribution is -2.24. The minimum atomic E-state index is -0.154. The molecule has 0 aromatic heterocycles. The summed E-state index contributed by atoms with van der Waals surface area (Å²) in [6.45, 7) is 6.86. The van der Waals surface area contributed by atoms with Gasteiger partial charge in [0.15, 0.2) is 0 Å². The van der Waals surface area contributed by atoms with Gasteiger partial charge in [0.25, 0.3) is 0 Å². The van der Waals surface area contributed by atoms with E-state index in [4.69, 9.17) is 4.74 Å². The van der Waals surface area contributed by atoms with Crippen molar-refractivity contribution in [2.24, 2.45) is 4.99 Å². The number of hydrogen-bond donors (Lipinski definition) is 0. The number of carbonyl (C=O) groups excluding carboxylic acids is 1. The second kappa shape index (κ2) is 9.26. The Morgan fingerprint density at radius 3 is 2.92 bits per heavy atom. The van der Waals surface area contributed by atoms with Gasteiger partial charge in [0.05, 0.1) is 12.2 Å². The molecule has 0 saturated heterocycles. The van der Waals surface area contributed by atoms with Crippen molar-refractivity contribution >= 4 is 17.9 Å². The lowest BCUT2D eigenvalue weighted by molar-refractivity contribution is -0.148. The summed E-state index contributed by atoms with van der Waals surface area (Å²) >= 11 is 0. The molecule has 4 heteroatoms. The lowest BCUT2D eigenvalue weighted by atomic mass is 10.1. The molecule has 0 saturated carbocycles. The molecule has 1 aliphatic heterocycles. The van der Waals surface area contributed by atoms with E-state index in [1.165, 1.54) is 11.3 Å². The molecule has 24 heavy (non-hydrogen) atoms. The van der Waals surface area contributed by atoms with E-state index < -0.39 is 0 Å². The van der Waals surface area contributed by atoms with Crippen LogP contribution in [0.25, 0.3) is 0 Å². The Hall–Kier alpha value is -2.10. The van der Waals surface area contributed by atoms with Crippen LogP contribution < -0.4 is 4.90 Å². The molecule has 1 aliphatic rings. The third-order valence-electron chi connectivity index (χ3n) is 3.90. The maximum atomic E-state index is 11.6. The van der Waals surface area contributed by atoms with Crippen molar-refractivity contribution in [3.05, 3.63) is 41.7 Å². The normalized spacial score (nSPS) is 15.1. The Morgan fingerprint density at radius 2 is 2.17 bits per heavy atom. The first-order chi connectivity index (χ1) is 11.6. The van der Waals surface area contributed by atoms with Crippen molar-refractivity contribution in [2.75, 3.05) is 11.4 Å². The van der Waals surface area contributed by atoms with Crippen molar-refractivity contribution in [3.8, 4) is 0 Å². The summed E-state index contributed by atoms with van der Waals surface area (Å²) in [4.78, 5) is 18.2. The Balaban J connectivity index is 2.00. The molecule has 1 aromatic carbocycles. The number of anilines is 1. The fourth-order valence-electron chi connectivity index (χ4n) is 2.80. The van der Waals surface area contributed by atoms with Crippen LogP contribution in [0.4, 0.5) is 5.69 Å². The highest BCUT2D eigenvalue weighted by Gasteiger charge is 2.14. The van der Waals surface area contributed by atoms with Crippen LogP contribution in [0, 0.1) is 0 Å². The lowest BCUT2D eigenvalue weighted by Gasteiger charge is -2.24. The molecular weight excluding hydrogens is 300 g/mol. The minimum absolute atomic E-state index is 0.130. The van der Waals surface area contributed by atoms with Crippen molar-refractivity contribution in [2.45, 2.75) is 59.0 Å². The summed E-state index contributed by atoms with van der Waals surface area (Å²) < 4.78 is 5.41. The fraction of sp³-hybridized carbons (Fsp3) is 0.500. The van der Waals surface area contributed by atoms with Gasteiger partial charge >= 0.3 is 5.97 Å². The standard InChI is InChI=1S/C20H28N2O2/c1-4-7-17-9-6-10-19(14-17)22-12-11-21-18(15-22)13-16(3)24-20(23)8-5-2/h6,9-11,14-16H,4-5,7-8,12-13H2,1-3H3. The highest BCUT2D eigenvalue weighted by molar-refractivity contribution is 5.71. The Bertz CT molecular complexity index is 607. The van der Waals surface area contributed by atoms with Gasteiger partial charge in [-0.3, -0.25) is 9.79 Å². The Kier molecular flexibility index (Phi) is 7.04. The van der Waals surface area contributed by atoms with Gasteiger partial charge in [-0.2, -0.15) is 0 Å². The quantitative estimate of drug-likeness (QED) is 0.660. The molecule has 0 aliphatic carbocycles. The van der Waals surface area contributed by atoms with Gasteiger partial charge in [-0.05, 0) is 37.5 Å². The Morgan fingerprint density at radius 1 is 1.33 bits per heavy atom. The third kappa shape index (κ3) is 5.52. The molecule has 0 N–H and O–H groups in total. The van der Waals surface area contributed by atoms with E-state index in [2.05, 4.69) is 47.3 Å². The number of ether oxygens (including phenoxy) is 1. The number of rotatable bonds is 8. The van der Waals surface area contributed by atoms with Crippen LogP contribution in [0.1, 0.15) is 52.0 Å². The maximum Gasteiger partial charge on any atom is 0.306 e. The predicted molar refractivity (Wildman–Crippen MR) is 99.4 cm³/mol. The van der Waals surface area contributed by atoms with Gasteiger partial charge in [0.2, 0.25) is 0 Å². The number of aryl methyl sites for hydroxylation is 1. The van der Waals surface area contributed by atoms with E-state index in [0.717, 1.165) is 31.5 Å². The van der Waals surface area contributed by atoms with Crippen LogP contribution in [-0.2, 0) is 16.0 Å². The average molecular weight is 328 g/mol. The molecular formula is C20H28N2O2. The minimum Gasteiger partial charge on any atom is -0.462 e. The second-order valence-corrected chi connectivity index (χ2v) is 6.26. The molecule has 130 valence electrons.